The van der Waals surface area contributed by atoms with Crippen LogP contribution in [-0.2, 0) is 17.7 Å². The first-order chi connectivity index (χ1) is 9.16. The van der Waals surface area contributed by atoms with Gasteiger partial charge in [0.1, 0.15) is 6.10 Å². The van der Waals surface area contributed by atoms with E-state index in [0.29, 0.717) is 0 Å². The number of aromatic nitrogens is 2. The molecule has 0 spiro atoms. The van der Waals surface area contributed by atoms with Crippen molar-refractivity contribution in [2.24, 2.45) is 0 Å². The van der Waals surface area contributed by atoms with Crippen molar-refractivity contribution in [3.8, 4) is 0 Å². The molecule has 100 valence electrons. The fraction of sp³-hybridized carbons (Fsp3) is 0.400. The first-order valence-corrected chi connectivity index (χ1v) is 7.63. The maximum atomic E-state index is 5.95. The molecule has 1 aromatic carbocycles. The lowest BCUT2D eigenvalue weighted by Gasteiger charge is -2.26. The van der Waals surface area contributed by atoms with Crippen LogP contribution in [0.25, 0.3) is 0 Å². The summed E-state index contributed by atoms with van der Waals surface area (Å²) in [6, 6.07) is 8.57. The van der Waals surface area contributed by atoms with E-state index in [9.17, 15) is 0 Å². The van der Waals surface area contributed by atoms with E-state index in [1.54, 1.807) is 0 Å². The van der Waals surface area contributed by atoms with E-state index in [4.69, 9.17) is 4.74 Å². The number of ether oxygens (including phenoxy) is 1. The van der Waals surface area contributed by atoms with Gasteiger partial charge in [0.25, 0.3) is 0 Å². The minimum absolute atomic E-state index is 0.124. The minimum Gasteiger partial charge on any atom is -0.371 e. The molecular formula is C15H17IN2O. The molecule has 0 amide bonds. The molecule has 1 aliphatic heterocycles. The summed E-state index contributed by atoms with van der Waals surface area (Å²) in [7, 11) is 0. The van der Waals surface area contributed by atoms with Crippen LogP contribution in [0.5, 0.6) is 0 Å². The van der Waals surface area contributed by atoms with E-state index in [2.05, 4.69) is 70.5 Å². The number of hydrogen-bond acceptors (Lipinski definition) is 2. The third kappa shape index (κ3) is 2.43. The zero-order chi connectivity index (χ0) is 13.4. The summed E-state index contributed by atoms with van der Waals surface area (Å²) in [6.45, 7) is 5.78. The first-order valence-electron chi connectivity index (χ1n) is 6.55. The van der Waals surface area contributed by atoms with E-state index in [1.807, 2.05) is 0 Å². The van der Waals surface area contributed by atoms with Gasteiger partial charge in [-0.1, -0.05) is 24.3 Å². The topological polar surface area (TPSA) is 27.1 Å². The SMILES string of the molecule is Cc1nn(CC2OCCc3ccccc32)c(C)c1I. The van der Waals surface area contributed by atoms with Crippen LogP contribution in [0, 0.1) is 17.4 Å². The molecule has 3 nitrogen and oxygen atoms in total. The Kier molecular flexibility index (Phi) is 3.62. The summed E-state index contributed by atoms with van der Waals surface area (Å²) in [5.74, 6) is 0. The Hall–Kier alpha value is -0.880. The maximum absolute atomic E-state index is 5.95. The average molecular weight is 368 g/mol. The molecule has 0 saturated carbocycles. The Morgan fingerprint density at radius 1 is 1.37 bits per heavy atom. The molecule has 0 N–H and O–H groups in total. The van der Waals surface area contributed by atoms with Gasteiger partial charge in [0.2, 0.25) is 0 Å². The van der Waals surface area contributed by atoms with Crippen LogP contribution in [0.2, 0.25) is 0 Å². The van der Waals surface area contributed by atoms with Gasteiger partial charge in [0, 0.05) is 5.69 Å². The molecule has 19 heavy (non-hydrogen) atoms. The molecular weight excluding hydrogens is 351 g/mol. The number of halogens is 1. The Morgan fingerprint density at radius 3 is 2.89 bits per heavy atom. The second-order valence-corrected chi connectivity index (χ2v) is 6.05. The summed E-state index contributed by atoms with van der Waals surface area (Å²) in [5.41, 5.74) is 5.05. The fourth-order valence-electron chi connectivity index (χ4n) is 2.64. The van der Waals surface area contributed by atoms with Gasteiger partial charge in [-0.3, -0.25) is 4.68 Å². The van der Waals surface area contributed by atoms with Gasteiger partial charge < -0.3 is 4.74 Å². The van der Waals surface area contributed by atoms with Crippen molar-refractivity contribution >= 4 is 22.6 Å². The summed E-state index contributed by atoms with van der Waals surface area (Å²) in [4.78, 5) is 0. The summed E-state index contributed by atoms with van der Waals surface area (Å²) < 4.78 is 9.27. The van der Waals surface area contributed by atoms with Crippen molar-refractivity contribution < 1.29 is 4.74 Å². The van der Waals surface area contributed by atoms with Crippen molar-refractivity contribution in [2.45, 2.75) is 32.9 Å². The molecule has 1 aromatic heterocycles. The molecule has 1 unspecified atom stereocenters. The average Bonchev–Trinajstić information content (AvgIpc) is 2.67. The van der Waals surface area contributed by atoms with Crippen LogP contribution < -0.4 is 0 Å². The highest BCUT2D eigenvalue weighted by atomic mass is 127. The quantitative estimate of drug-likeness (QED) is 0.760. The van der Waals surface area contributed by atoms with Gasteiger partial charge in [0.05, 0.1) is 22.4 Å². The maximum Gasteiger partial charge on any atom is 0.102 e. The molecule has 2 aromatic rings. The molecule has 4 heteroatoms. The van der Waals surface area contributed by atoms with Gasteiger partial charge in [-0.2, -0.15) is 5.10 Å². The zero-order valence-electron chi connectivity index (χ0n) is 11.2. The molecule has 2 heterocycles. The second-order valence-electron chi connectivity index (χ2n) is 4.98. The lowest BCUT2D eigenvalue weighted by Crippen LogP contribution is -2.21. The number of rotatable bonds is 2. The predicted octanol–water partition coefficient (Wildman–Crippen LogP) is 3.42. The molecule has 0 fully saturated rings. The van der Waals surface area contributed by atoms with E-state index in [-0.39, 0.29) is 6.10 Å². The number of fused-ring (bicyclic) bond motifs is 1. The highest BCUT2D eigenvalue weighted by Gasteiger charge is 2.22. The monoisotopic (exact) mass is 368 g/mol. The van der Waals surface area contributed by atoms with E-state index in [1.165, 1.54) is 20.4 Å². The molecule has 3 rings (SSSR count). The largest absolute Gasteiger partial charge is 0.371 e. The highest BCUT2D eigenvalue weighted by Crippen LogP contribution is 2.29. The number of nitrogens with zero attached hydrogens (tertiary/aromatic N) is 2. The predicted molar refractivity (Wildman–Crippen MR) is 83.3 cm³/mol. The normalized spacial score (nSPS) is 18.4. The van der Waals surface area contributed by atoms with Crippen LogP contribution in [0.4, 0.5) is 0 Å². The third-order valence-electron chi connectivity index (χ3n) is 3.72. The van der Waals surface area contributed by atoms with Gasteiger partial charge in [-0.15, -0.1) is 0 Å². The van der Waals surface area contributed by atoms with Crippen LogP contribution >= 0.6 is 22.6 Å². The molecule has 1 atom stereocenters. The fourth-order valence-corrected chi connectivity index (χ4v) is 3.02. The van der Waals surface area contributed by atoms with Crippen molar-refractivity contribution in [1.29, 1.82) is 0 Å². The van der Waals surface area contributed by atoms with Crippen molar-refractivity contribution in [3.05, 3.63) is 50.4 Å². The molecule has 0 bridgehead atoms. The molecule has 0 saturated heterocycles. The zero-order valence-corrected chi connectivity index (χ0v) is 13.3. The van der Waals surface area contributed by atoms with Crippen molar-refractivity contribution in [1.82, 2.24) is 9.78 Å². The lowest BCUT2D eigenvalue weighted by molar-refractivity contribution is 0.0278. The standard InChI is InChI=1S/C15H17IN2O/c1-10-15(16)11(2)18(17-10)9-14-13-6-4-3-5-12(13)7-8-19-14/h3-6,14H,7-9H2,1-2H3. The lowest BCUT2D eigenvalue weighted by atomic mass is 9.97. The number of hydrogen-bond donors (Lipinski definition) is 0. The van der Waals surface area contributed by atoms with Gasteiger partial charge >= 0.3 is 0 Å². The van der Waals surface area contributed by atoms with Crippen LogP contribution in [0.3, 0.4) is 0 Å². The van der Waals surface area contributed by atoms with Gasteiger partial charge in [-0.25, -0.2) is 0 Å². The Labute approximate surface area is 127 Å². The molecule has 1 aliphatic rings. The third-order valence-corrected chi connectivity index (χ3v) is 5.29. The smallest absolute Gasteiger partial charge is 0.102 e. The highest BCUT2D eigenvalue weighted by molar-refractivity contribution is 14.1. The Morgan fingerprint density at radius 2 is 2.16 bits per heavy atom. The number of aryl methyl sites for hydroxylation is 1. The molecule has 0 aliphatic carbocycles. The summed E-state index contributed by atoms with van der Waals surface area (Å²) >= 11 is 2.36. The van der Waals surface area contributed by atoms with Crippen LogP contribution in [0.15, 0.2) is 24.3 Å². The Balaban J connectivity index is 1.90. The van der Waals surface area contributed by atoms with Gasteiger partial charge in [-0.05, 0) is 54.0 Å². The first kappa shape index (κ1) is 13.1. The van der Waals surface area contributed by atoms with Crippen molar-refractivity contribution in [3.63, 3.8) is 0 Å². The van der Waals surface area contributed by atoms with Crippen LogP contribution in [-0.4, -0.2) is 16.4 Å². The summed E-state index contributed by atoms with van der Waals surface area (Å²) in [6.07, 6.45) is 1.14. The van der Waals surface area contributed by atoms with E-state index < -0.39 is 0 Å². The van der Waals surface area contributed by atoms with E-state index >= 15 is 0 Å². The van der Waals surface area contributed by atoms with Crippen molar-refractivity contribution in [2.75, 3.05) is 6.61 Å². The van der Waals surface area contributed by atoms with E-state index in [0.717, 1.165) is 25.3 Å². The summed E-state index contributed by atoms with van der Waals surface area (Å²) in [5, 5.41) is 4.61. The Bertz CT molecular complexity index is 606. The second kappa shape index (κ2) is 5.25. The van der Waals surface area contributed by atoms with Crippen LogP contribution in [0.1, 0.15) is 28.6 Å². The van der Waals surface area contributed by atoms with Gasteiger partial charge in [0.15, 0.2) is 0 Å². The number of benzene rings is 1. The molecule has 0 radical (unpaired) electrons. The minimum atomic E-state index is 0.124.